The van der Waals surface area contributed by atoms with Gasteiger partial charge in [-0.25, -0.2) is 4.39 Å². The van der Waals surface area contributed by atoms with Crippen LogP contribution in [0.4, 0.5) is 4.39 Å². The summed E-state index contributed by atoms with van der Waals surface area (Å²) in [5.74, 6) is -1.62. The number of carbonyl (C=O) groups is 3. The van der Waals surface area contributed by atoms with Crippen LogP contribution in [0.5, 0.6) is 0 Å². The minimum Gasteiger partial charge on any atom is -0.450 e. The van der Waals surface area contributed by atoms with Crippen molar-refractivity contribution in [1.29, 1.82) is 0 Å². The molecule has 0 bridgehead atoms. The standard InChI is InChI=1S/C25H34BrFO5/c1-5-21(31)32-25(20(30)13-26)14(2)10-18-17-7-6-15-11-16(28)8-9-22(15,3)24(17,27)19(29)12-23(18,25)4/h11,14,17-19,29H,5-10,12-13H2,1-4H3/t14?,17-,18-,19?,22-,23-,24-,25-/m0/s1. The maximum absolute atomic E-state index is 17.3. The fraction of sp³-hybridized carbons (Fsp3) is 0.800. The summed E-state index contributed by atoms with van der Waals surface area (Å²) >= 11 is 3.28. The molecule has 7 heteroatoms. The van der Waals surface area contributed by atoms with Crippen LogP contribution in [0.3, 0.4) is 0 Å². The van der Waals surface area contributed by atoms with Gasteiger partial charge in [0, 0.05) is 35.5 Å². The topological polar surface area (TPSA) is 80.7 Å². The van der Waals surface area contributed by atoms with Crippen molar-refractivity contribution >= 4 is 33.5 Å². The predicted octanol–water partition coefficient (Wildman–Crippen LogP) is 4.48. The van der Waals surface area contributed by atoms with Crippen molar-refractivity contribution in [2.75, 3.05) is 5.33 Å². The van der Waals surface area contributed by atoms with Crippen LogP contribution in [-0.2, 0) is 19.1 Å². The molecule has 32 heavy (non-hydrogen) atoms. The highest BCUT2D eigenvalue weighted by atomic mass is 79.9. The molecule has 0 radical (unpaired) electrons. The van der Waals surface area contributed by atoms with E-state index in [0.717, 1.165) is 5.57 Å². The molecule has 0 amide bonds. The Hall–Kier alpha value is -1.08. The molecule has 2 unspecified atom stereocenters. The van der Waals surface area contributed by atoms with E-state index in [1.165, 1.54) is 0 Å². The first-order valence-corrected chi connectivity index (χ1v) is 13.0. The van der Waals surface area contributed by atoms with E-state index >= 15 is 4.39 Å². The van der Waals surface area contributed by atoms with Crippen molar-refractivity contribution < 1.29 is 28.6 Å². The first kappa shape index (κ1) is 24.1. The minimum atomic E-state index is -1.88. The number of ketones is 2. The third-order valence-corrected chi connectivity index (χ3v) is 10.2. The van der Waals surface area contributed by atoms with E-state index in [0.29, 0.717) is 25.7 Å². The van der Waals surface area contributed by atoms with Gasteiger partial charge in [-0.15, -0.1) is 0 Å². The molecule has 8 atom stereocenters. The Morgan fingerprint density at radius 3 is 2.59 bits per heavy atom. The molecule has 3 saturated carbocycles. The molecule has 0 spiro atoms. The Kier molecular flexibility index (Phi) is 5.81. The lowest BCUT2D eigenvalue weighted by Crippen LogP contribution is -2.70. The number of allylic oxidation sites excluding steroid dienone is 1. The second-order valence-corrected chi connectivity index (χ2v) is 11.4. The molecule has 3 fully saturated rings. The zero-order chi connectivity index (χ0) is 23.7. The van der Waals surface area contributed by atoms with E-state index < -0.39 is 40.1 Å². The van der Waals surface area contributed by atoms with Gasteiger partial charge in [-0.3, -0.25) is 14.4 Å². The van der Waals surface area contributed by atoms with Crippen LogP contribution in [0.15, 0.2) is 11.6 Å². The fourth-order valence-electron chi connectivity index (χ4n) is 8.11. The van der Waals surface area contributed by atoms with Crippen molar-refractivity contribution in [3.63, 3.8) is 0 Å². The summed E-state index contributed by atoms with van der Waals surface area (Å²) in [6.45, 7) is 7.37. The van der Waals surface area contributed by atoms with Gasteiger partial charge in [0.15, 0.2) is 17.2 Å². The summed E-state index contributed by atoms with van der Waals surface area (Å²) in [7, 11) is 0. The molecule has 4 rings (SSSR count). The Labute approximate surface area is 197 Å². The highest BCUT2D eigenvalue weighted by Crippen LogP contribution is 2.72. The smallest absolute Gasteiger partial charge is 0.306 e. The summed E-state index contributed by atoms with van der Waals surface area (Å²) in [4.78, 5) is 37.9. The fourth-order valence-corrected chi connectivity index (χ4v) is 8.53. The van der Waals surface area contributed by atoms with Crippen LogP contribution in [0.2, 0.25) is 0 Å². The second-order valence-electron chi connectivity index (χ2n) is 10.9. The number of aliphatic hydroxyl groups is 1. The number of Topliss-reactive ketones (excluding diaryl/α,β-unsaturated/α-hetero) is 1. The van der Waals surface area contributed by atoms with Gasteiger partial charge in [0.2, 0.25) is 0 Å². The number of fused-ring (bicyclic) bond motifs is 5. The number of aliphatic hydroxyl groups excluding tert-OH is 1. The third kappa shape index (κ3) is 2.79. The molecule has 4 aliphatic carbocycles. The van der Waals surface area contributed by atoms with Crippen molar-refractivity contribution in [3.8, 4) is 0 Å². The van der Waals surface area contributed by atoms with Crippen molar-refractivity contribution in [2.45, 2.75) is 90.0 Å². The number of halogens is 2. The quantitative estimate of drug-likeness (QED) is 0.443. The number of hydrogen-bond donors (Lipinski definition) is 1. The molecule has 0 aromatic rings. The predicted molar refractivity (Wildman–Crippen MR) is 121 cm³/mol. The third-order valence-electron chi connectivity index (χ3n) is 9.68. The zero-order valence-electron chi connectivity index (χ0n) is 19.4. The SMILES string of the molecule is CCC(=O)O[C@]1(C(=O)CBr)C(C)C[C@H]2[C@@H]3CCC4=CC(=O)CC[C@]4(C)[C@@]3(F)C(O)C[C@@]21C. The van der Waals surface area contributed by atoms with Crippen LogP contribution >= 0.6 is 15.9 Å². The van der Waals surface area contributed by atoms with Gasteiger partial charge in [-0.05, 0) is 44.1 Å². The van der Waals surface area contributed by atoms with E-state index in [-0.39, 0.29) is 48.0 Å². The highest BCUT2D eigenvalue weighted by Gasteiger charge is 2.77. The highest BCUT2D eigenvalue weighted by molar-refractivity contribution is 9.09. The van der Waals surface area contributed by atoms with E-state index in [9.17, 15) is 19.5 Å². The molecule has 1 N–H and O–H groups in total. The maximum Gasteiger partial charge on any atom is 0.306 e. The normalized spacial score (nSPS) is 47.7. The van der Waals surface area contributed by atoms with Crippen molar-refractivity contribution in [3.05, 3.63) is 11.6 Å². The van der Waals surface area contributed by atoms with Crippen LogP contribution in [0.1, 0.15) is 72.6 Å². The Morgan fingerprint density at radius 2 is 1.97 bits per heavy atom. The van der Waals surface area contributed by atoms with Crippen LogP contribution in [0, 0.1) is 28.6 Å². The van der Waals surface area contributed by atoms with Crippen LogP contribution in [0.25, 0.3) is 0 Å². The van der Waals surface area contributed by atoms with Gasteiger partial charge < -0.3 is 9.84 Å². The largest absolute Gasteiger partial charge is 0.450 e. The molecule has 0 heterocycles. The molecule has 0 aromatic carbocycles. The lowest BCUT2D eigenvalue weighted by Gasteiger charge is -2.63. The number of esters is 1. The van der Waals surface area contributed by atoms with Gasteiger partial charge in [0.1, 0.15) is 5.67 Å². The average Bonchev–Trinajstić information content (AvgIpc) is 2.96. The summed E-state index contributed by atoms with van der Waals surface area (Å²) in [5.41, 5.74) is -4.25. The molecular formula is C25H34BrFO5. The summed E-state index contributed by atoms with van der Waals surface area (Å²) in [6.07, 6.45) is 2.82. The van der Waals surface area contributed by atoms with E-state index in [1.54, 1.807) is 13.0 Å². The molecular weight excluding hydrogens is 479 g/mol. The van der Waals surface area contributed by atoms with Gasteiger partial charge in [0.25, 0.3) is 0 Å². The first-order valence-electron chi connectivity index (χ1n) is 11.8. The second kappa shape index (κ2) is 7.72. The summed E-state index contributed by atoms with van der Waals surface area (Å²) in [5, 5.41) is 11.5. The Morgan fingerprint density at radius 1 is 1.28 bits per heavy atom. The van der Waals surface area contributed by atoms with Gasteiger partial charge in [-0.1, -0.05) is 49.2 Å². The monoisotopic (exact) mass is 512 g/mol. The van der Waals surface area contributed by atoms with E-state index in [1.807, 2.05) is 20.8 Å². The summed E-state index contributed by atoms with van der Waals surface area (Å²) in [6, 6.07) is 0. The maximum atomic E-state index is 17.3. The van der Waals surface area contributed by atoms with Gasteiger partial charge in [0.05, 0.1) is 11.4 Å². The van der Waals surface area contributed by atoms with Crippen LogP contribution in [-0.4, -0.2) is 45.3 Å². The molecule has 0 aromatic heterocycles. The number of carbonyl (C=O) groups excluding carboxylic acids is 3. The lowest BCUT2D eigenvalue weighted by molar-refractivity contribution is -0.234. The van der Waals surface area contributed by atoms with E-state index in [2.05, 4.69) is 15.9 Å². The zero-order valence-corrected chi connectivity index (χ0v) is 21.0. The number of alkyl halides is 2. The number of rotatable bonds is 4. The van der Waals surface area contributed by atoms with Crippen molar-refractivity contribution in [2.24, 2.45) is 28.6 Å². The lowest BCUT2D eigenvalue weighted by atomic mass is 9.43. The first-order chi connectivity index (χ1) is 14.9. The summed E-state index contributed by atoms with van der Waals surface area (Å²) < 4.78 is 23.2. The molecule has 0 saturated heterocycles. The Balaban J connectivity index is 1.84. The molecule has 178 valence electrons. The van der Waals surface area contributed by atoms with Crippen LogP contribution < -0.4 is 0 Å². The molecule has 4 aliphatic rings. The molecule has 5 nitrogen and oxygen atoms in total. The molecule has 0 aliphatic heterocycles. The number of hydrogen-bond acceptors (Lipinski definition) is 5. The Bertz CT molecular complexity index is 888. The number of ether oxygens (including phenoxy) is 1. The minimum absolute atomic E-state index is 0.0255. The van der Waals surface area contributed by atoms with Gasteiger partial charge >= 0.3 is 5.97 Å². The van der Waals surface area contributed by atoms with E-state index in [4.69, 9.17) is 4.74 Å². The average molecular weight is 513 g/mol. The van der Waals surface area contributed by atoms with Gasteiger partial charge in [-0.2, -0.15) is 0 Å². The van der Waals surface area contributed by atoms with Crippen molar-refractivity contribution in [1.82, 2.24) is 0 Å².